The van der Waals surface area contributed by atoms with Crippen molar-refractivity contribution in [2.45, 2.75) is 65.2 Å². The highest BCUT2D eigenvalue weighted by atomic mass is 28.3. The van der Waals surface area contributed by atoms with Crippen LogP contribution in [-0.2, 0) is 9.53 Å². The lowest BCUT2D eigenvalue weighted by molar-refractivity contribution is -0.139. The van der Waals surface area contributed by atoms with Crippen LogP contribution in [0.2, 0.25) is 25.7 Å². The van der Waals surface area contributed by atoms with Gasteiger partial charge in [-0.25, -0.2) is 0 Å². The number of ether oxygens (including phenoxy) is 1. The molecule has 0 unspecified atom stereocenters. The van der Waals surface area contributed by atoms with Crippen molar-refractivity contribution >= 4 is 14.0 Å². The van der Waals surface area contributed by atoms with E-state index in [1.54, 1.807) is 0 Å². The Morgan fingerprint density at radius 1 is 1.24 bits per heavy atom. The fraction of sp³-hybridized carbons (Fsp3) is 0.786. The Morgan fingerprint density at radius 2 is 1.88 bits per heavy atom. The van der Waals surface area contributed by atoms with Gasteiger partial charge in [0.25, 0.3) is 0 Å². The highest BCUT2D eigenvalue weighted by molar-refractivity contribution is 6.76. The summed E-state index contributed by atoms with van der Waals surface area (Å²) in [4.78, 5) is 10.9. The second-order valence-corrected chi connectivity index (χ2v) is 11.4. The Balaban J connectivity index is 4.23. The van der Waals surface area contributed by atoms with Gasteiger partial charge in [-0.2, -0.15) is 0 Å². The molecule has 3 heteroatoms. The summed E-state index contributed by atoms with van der Waals surface area (Å²) < 4.78 is 5.12. The number of carbonyl (C=O) groups is 1. The van der Waals surface area contributed by atoms with E-state index in [2.05, 4.69) is 32.6 Å². The van der Waals surface area contributed by atoms with E-state index >= 15 is 0 Å². The molecule has 0 aliphatic carbocycles. The first-order valence-electron chi connectivity index (χ1n) is 6.66. The Bertz CT molecular complexity index is 251. The van der Waals surface area contributed by atoms with E-state index in [1.807, 2.05) is 0 Å². The molecule has 0 saturated carbocycles. The van der Waals surface area contributed by atoms with Crippen molar-refractivity contribution in [2.24, 2.45) is 0 Å². The molecule has 0 heterocycles. The van der Waals surface area contributed by atoms with Crippen LogP contribution >= 0.6 is 0 Å². The molecule has 0 aliphatic rings. The summed E-state index contributed by atoms with van der Waals surface area (Å²) in [5.41, 5.74) is 1.32. The van der Waals surface area contributed by atoms with Gasteiger partial charge in [0.05, 0.1) is 0 Å². The van der Waals surface area contributed by atoms with Crippen molar-refractivity contribution in [3.8, 4) is 0 Å². The lowest BCUT2D eigenvalue weighted by Gasteiger charge is -2.18. The van der Waals surface area contributed by atoms with Gasteiger partial charge in [-0.1, -0.05) is 45.5 Å². The maximum absolute atomic E-state index is 10.9. The van der Waals surface area contributed by atoms with E-state index in [1.165, 1.54) is 31.8 Å². The zero-order chi connectivity index (χ0) is 13.3. The van der Waals surface area contributed by atoms with Crippen LogP contribution in [0, 0.1) is 0 Å². The Morgan fingerprint density at radius 3 is 2.35 bits per heavy atom. The summed E-state index contributed by atoms with van der Waals surface area (Å²) in [6.07, 6.45) is 7.18. The maximum Gasteiger partial charge on any atom is 0.302 e. The van der Waals surface area contributed by atoms with Crippen LogP contribution in [0.3, 0.4) is 0 Å². The average molecular weight is 256 g/mol. The number of carbonyl (C=O) groups excluding carboxylic acids is 1. The predicted molar refractivity (Wildman–Crippen MR) is 77.0 cm³/mol. The molecule has 2 nitrogen and oxygen atoms in total. The largest absolute Gasteiger partial charge is 0.461 e. The monoisotopic (exact) mass is 256 g/mol. The molecule has 0 atom stereocenters. The number of unbranched alkanes of at least 4 members (excludes halogenated alkanes) is 3. The van der Waals surface area contributed by atoms with Gasteiger partial charge < -0.3 is 4.74 Å². The molecule has 0 aromatic carbocycles. The molecule has 0 rings (SSSR count). The van der Waals surface area contributed by atoms with Crippen molar-refractivity contribution < 1.29 is 9.53 Å². The summed E-state index contributed by atoms with van der Waals surface area (Å²) in [6.45, 7) is 11.2. The molecule has 0 aromatic rings. The molecule has 17 heavy (non-hydrogen) atoms. The van der Waals surface area contributed by atoms with Crippen molar-refractivity contribution in [1.82, 2.24) is 0 Å². The van der Waals surface area contributed by atoms with E-state index in [4.69, 9.17) is 4.74 Å². The number of allylic oxidation sites excluding steroid dienone is 1. The molecule has 100 valence electrons. The molecule has 0 N–H and O–H groups in total. The van der Waals surface area contributed by atoms with Gasteiger partial charge in [-0.3, -0.25) is 4.79 Å². The first-order chi connectivity index (χ1) is 7.85. The lowest BCUT2D eigenvalue weighted by Crippen LogP contribution is -2.21. The molecule has 0 bridgehead atoms. The molecule has 0 radical (unpaired) electrons. The second kappa shape index (κ2) is 8.51. The van der Waals surface area contributed by atoms with Gasteiger partial charge >= 0.3 is 5.97 Å². The number of hydrogen-bond donors (Lipinski definition) is 0. The zero-order valence-corrected chi connectivity index (χ0v) is 13.1. The molecule has 0 amide bonds. The summed E-state index contributed by atoms with van der Waals surface area (Å²) >= 11 is 0. The number of hydrogen-bond acceptors (Lipinski definition) is 2. The van der Waals surface area contributed by atoms with Crippen LogP contribution in [-0.4, -0.2) is 20.7 Å². The molecular formula is C14H28O2Si. The highest BCUT2D eigenvalue weighted by Gasteiger charge is 2.15. The minimum atomic E-state index is -1.12. The molecular weight excluding hydrogens is 228 g/mol. The van der Waals surface area contributed by atoms with E-state index in [0.29, 0.717) is 6.61 Å². The van der Waals surface area contributed by atoms with Gasteiger partial charge in [0, 0.05) is 15.0 Å². The van der Waals surface area contributed by atoms with Crippen LogP contribution in [0.15, 0.2) is 11.6 Å². The second-order valence-electron chi connectivity index (χ2n) is 5.88. The maximum atomic E-state index is 10.9. The third kappa shape index (κ3) is 11.7. The van der Waals surface area contributed by atoms with Crippen LogP contribution in [0.25, 0.3) is 0 Å². The quantitative estimate of drug-likeness (QED) is 0.278. The smallest absolute Gasteiger partial charge is 0.302 e. The zero-order valence-electron chi connectivity index (χ0n) is 12.1. The third-order valence-corrected chi connectivity index (χ3v) is 3.97. The number of esters is 1. The van der Waals surface area contributed by atoms with Crippen molar-refractivity contribution in [2.75, 3.05) is 6.61 Å². The first-order valence-corrected chi connectivity index (χ1v) is 10.4. The molecule has 0 fully saturated rings. The SMILES string of the molecule is CCCCC/C=C(/COC(C)=O)C[Si](C)(C)C. The minimum absolute atomic E-state index is 0.181. The van der Waals surface area contributed by atoms with Gasteiger partial charge in [-0.05, 0) is 24.5 Å². The molecule has 0 aliphatic heterocycles. The normalized spacial score (nSPS) is 12.6. The summed E-state index contributed by atoms with van der Waals surface area (Å²) in [6, 6.07) is 1.13. The summed E-state index contributed by atoms with van der Waals surface area (Å²) in [7, 11) is -1.12. The van der Waals surface area contributed by atoms with Crippen LogP contribution in [0.4, 0.5) is 0 Å². The Hall–Kier alpha value is -0.573. The summed E-state index contributed by atoms with van der Waals surface area (Å²) in [5.74, 6) is -0.181. The third-order valence-electron chi connectivity index (χ3n) is 2.46. The van der Waals surface area contributed by atoms with Crippen molar-refractivity contribution in [1.29, 1.82) is 0 Å². The van der Waals surface area contributed by atoms with Crippen molar-refractivity contribution in [3.05, 3.63) is 11.6 Å². The van der Waals surface area contributed by atoms with E-state index in [0.717, 1.165) is 12.5 Å². The molecule has 0 saturated heterocycles. The van der Waals surface area contributed by atoms with E-state index < -0.39 is 8.07 Å². The Labute approximate surface area is 107 Å². The summed E-state index contributed by atoms with van der Waals surface area (Å²) in [5, 5.41) is 0. The van der Waals surface area contributed by atoms with Gasteiger partial charge in [0.2, 0.25) is 0 Å². The van der Waals surface area contributed by atoms with Gasteiger partial charge in [-0.15, -0.1) is 0 Å². The van der Waals surface area contributed by atoms with Crippen molar-refractivity contribution in [3.63, 3.8) is 0 Å². The van der Waals surface area contributed by atoms with Crippen LogP contribution in [0.5, 0.6) is 0 Å². The molecule has 0 spiro atoms. The fourth-order valence-electron chi connectivity index (χ4n) is 1.76. The molecule has 0 aromatic heterocycles. The fourth-order valence-corrected chi connectivity index (χ4v) is 3.37. The first kappa shape index (κ1) is 16.4. The number of rotatable bonds is 8. The van der Waals surface area contributed by atoms with Crippen LogP contribution in [0.1, 0.15) is 39.5 Å². The minimum Gasteiger partial charge on any atom is -0.461 e. The van der Waals surface area contributed by atoms with Gasteiger partial charge in [0.15, 0.2) is 0 Å². The average Bonchev–Trinajstić information content (AvgIpc) is 2.18. The standard InChI is InChI=1S/C14H28O2Si/c1-6-7-8-9-10-14(11-16-13(2)15)12-17(3,4)5/h10H,6-9,11-12H2,1-5H3/b14-10-. The van der Waals surface area contributed by atoms with Crippen LogP contribution < -0.4 is 0 Å². The predicted octanol–water partition coefficient (Wildman–Crippen LogP) is 4.39. The topological polar surface area (TPSA) is 26.3 Å². The lowest BCUT2D eigenvalue weighted by atomic mass is 10.1. The van der Waals surface area contributed by atoms with E-state index in [9.17, 15) is 4.79 Å². The highest BCUT2D eigenvalue weighted by Crippen LogP contribution is 2.18. The van der Waals surface area contributed by atoms with Gasteiger partial charge in [0.1, 0.15) is 6.61 Å². The van der Waals surface area contributed by atoms with E-state index in [-0.39, 0.29) is 5.97 Å². The Kier molecular flexibility index (Phi) is 8.22.